The predicted octanol–water partition coefficient (Wildman–Crippen LogP) is 2.79. The number of nitrogens with zero attached hydrogens (tertiary/aromatic N) is 2. The molecule has 0 saturated carbocycles. The van der Waals surface area contributed by atoms with Gasteiger partial charge in [0.1, 0.15) is 0 Å². The zero-order chi connectivity index (χ0) is 9.80. The van der Waals surface area contributed by atoms with E-state index in [9.17, 15) is 0 Å². The van der Waals surface area contributed by atoms with Gasteiger partial charge in [-0.1, -0.05) is 36.4 Å². The van der Waals surface area contributed by atoms with Crippen LogP contribution in [0.15, 0.2) is 46.6 Å². The van der Waals surface area contributed by atoms with E-state index in [2.05, 4.69) is 10.2 Å². The molecule has 1 aliphatic heterocycles. The zero-order valence-electron chi connectivity index (χ0n) is 7.33. The molecular formula is C10H8N2OS. The second-order valence-corrected chi connectivity index (χ2v) is 3.11. The van der Waals surface area contributed by atoms with Crippen LogP contribution in [0.4, 0.5) is 0 Å². The van der Waals surface area contributed by atoms with Crippen molar-refractivity contribution in [2.45, 2.75) is 6.23 Å². The summed E-state index contributed by atoms with van der Waals surface area (Å²) < 4.78 is 5.09. The first kappa shape index (κ1) is 9.02. The van der Waals surface area contributed by atoms with E-state index in [0.717, 1.165) is 5.56 Å². The van der Waals surface area contributed by atoms with E-state index in [1.165, 1.54) is 0 Å². The topological polar surface area (TPSA) is 34.0 Å². The first-order valence-corrected chi connectivity index (χ1v) is 4.60. The van der Waals surface area contributed by atoms with Gasteiger partial charge in [0.25, 0.3) is 0 Å². The van der Waals surface area contributed by atoms with Gasteiger partial charge in [-0.25, -0.2) is 0 Å². The summed E-state index contributed by atoms with van der Waals surface area (Å²) in [4.78, 5) is 0. The molecule has 0 aromatic heterocycles. The molecule has 14 heavy (non-hydrogen) atoms. The van der Waals surface area contributed by atoms with E-state index in [-0.39, 0.29) is 11.4 Å². The molecule has 3 nitrogen and oxygen atoms in total. The van der Waals surface area contributed by atoms with Crippen LogP contribution < -0.4 is 0 Å². The van der Waals surface area contributed by atoms with Gasteiger partial charge in [0.2, 0.25) is 6.23 Å². The number of ether oxygens (including phenoxy) is 1. The fraction of sp³-hybridized carbons (Fsp3) is 0.100. The van der Waals surface area contributed by atoms with E-state index < -0.39 is 0 Å². The summed E-state index contributed by atoms with van der Waals surface area (Å²) in [6, 6.07) is 9.92. The van der Waals surface area contributed by atoms with Gasteiger partial charge >= 0.3 is 5.17 Å². The Kier molecular flexibility index (Phi) is 2.65. The minimum Gasteiger partial charge on any atom is -0.437 e. The zero-order valence-corrected chi connectivity index (χ0v) is 8.15. The lowest BCUT2D eigenvalue weighted by molar-refractivity contribution is 0.273. The predicted molar refractivity (Wildman–Crippen MR) is 57.8 cm³/mol. The Morgan fingerprint density at radius 2 is 2.07 bits per heavy atom. The molecule has 0 fully saturated rings. The van der Waals surface area contributed by atoms with Crippen molar-refractivity contribution in [3.63, 3.8) is 0 Å². The van der Waals surface area contributed by atoms with Crippen LogP contribution in [0.25, 0.3) is 6.08 Å². The number of thiocarbonyl (C=S) groups is 1. The Bertz CT molecular complexity index is 386. The van der Waals surface area contributed by atoms with Crippen LogP contribution in [-0.2, 0) is 4.74 Å². The van der Waals surface area contributed by atoms with Crippen molar-refractivity contribution in [1.82, 2.24) is 0 Å². The monoisotopic (exact) mass is 204 g/mol. The van der Waals surface area contributed by atoms with Crippen LogP contribution in [0.3, 0.4) is 0 Å². The van der Waals surface area contributed by atoms with Crippen LogP contribution >= 0.6 is 12.2 Å². The highest BCUT2D eigenvalue weighted by molar-refractivity contribution is 7.80. The third-order valence-electron chi connectivity index (χ3n) is 1.73. The molecule has 1 heterocycles. The maximum absolute atomic E-state index is 5.09. The number of benzene rings is 1. The maximum Gasteiger partial charge on any atom is 0.304 e. The normalized spacial score (nSPS) is 20.3. The van der Waals surface area contributed by atoms with Gasteiger partial charge in [0, 0.05) is 0 Å². The second-order valence-electron chi connectivity index (χ2n) is 2.76. The molecule has 1 aliphatic rings. The Hall–Kier alpha value is -1.55. The molecule has 1 unspecified atom stereocenters. The van der Waals surface area contributed by atoms with Crippen molar-refractivity contribution in [3.8, 4) is 0 Å². The smallest absolute Gasteiger partial charge is 0.304 e. The van der Waals surface area contributed by atoms with Gasteiger partial charge < -0.3 is 4.74 Å². The molecule has 1 aromatic carbocycles. The molecule has 70 valence electrons. The lowest BCUT2D eigenvalue weighted by atomic mass is 10.2. The molecular weight excluding hydrogens is 196 g/mol. The molecule has 4 heteroatoms. The maximum atomic E-state index is 5.09. The first-order chi connectivity index (χ1) is 6.84. The van der Waals surface area contributed by atoms with Gasteiger partial charge in [0.05, 0.1) is 0 Å². The minimum absolute atomic E-state index is 0.202. The van der Waals surface area contributed by atoms with Crippen molar-refractivity contribution < 1.29 is 4.74 Å². The molecule has 0 radical (unpaired) electrons. The molecule has 2 rings (SSSR count). The summed E-state index contributed by atoms with van der Waals surface area (Å²) in [6.07, 6.45) is 3.39. The van der Waals surface area contributed by atoms with Crippen molar-refractivity contribution in [2.75, 3.05) is 0 Å². The largest absolute Gasteiger partial charge is 0.437 e. The van der Waals surface area contributed by atoms with Gasteiger partial charge in [-0.3, -0.25) is 0 Å². The van der Waals surface area contributed by atoms with Gasteiger partial charge in [-0.15, -0.1) is 10.2 Å². The molecule has 0 bridgehead atoms. The number of hydrogen-bond acceptors (Lipinski definition) is 3. The summed E-state index contributed by atoms with van der Waals surface area (Å²) in [7, 11) is 0. The third-order valence-corrected chi connectivity index (χ3v) is 1.91. The average Bonchev–Trinajstić information content (AvgIpc) is 2.63. The lowest BCUT2D eigenvalue weighted by Crippen LogP contribution is -2.01. The summed E-state index contributed by atoms with van der Waals surface area (Å²) >= 11 is 4.71. The molecule has 0 aliphatic carbocycles. The molecule has 1 aromatic rings. The van der Waals surface area contributed by atoms with Crippen molar-refractivity contribution >= 4 is 23.5 Å². The SMILES string of the molecule is S=C1N=NC(C=Cc2ccccc2)O1. The summed E-state index contributed by atoms with van der Waals surface area (Å²) in [5.74, 6) is 0. The van der Waals surface area contributed by atoms with Crippen molar-refractivity contribution in [3.05, 3.63) is 42.0 Å². The highest BCUT2D eigenvalue weighted by Crippen LogP contribution is 2.10. The quantitative estimate of drug-likeness (QED) is 0.694. The first-order valence-electron chi connectivity index (χ1n) is 4.19. The van der Waals surface area contributed by atoms with Gasteiger partial charge in [0.15, 0.2) is 0 Å². The highest BCUT2D eigenvalue weighted by Gasteiger charge is 2.12. The fourth-order valence-corrected chi connectivity index (χ4v) is 1.24. The Morgan fingerprint density at radius 1 is 1.29 bits per heavy atom. The summed E-state index contributed by atoms with van der Waals surface area (Å²) in [6.45, 7) is 0. The number of rotatable bonds is 2. The standard InChI is InChI=1S/C10H8N2OS/c14-10-12-11-9(13-10)7-6-8-4-2-1-3-5-8/h1-7,9H. The van der Waals surface area contributed by atoms with Crippen molar-refractivity contribution in [2.24, 2.45) is 10.2 Å². The molecule has 0 N–H and O–H groups in total. The third kappa shape index (κ3) is 2.23. The molecule has 0 amide bonds. The van der Waals surface area contributed by atoms with E-state index in [0.29, 0.717) is 0 Å². The van der Waals surface area contributed by atoms with Crippen LogP contribution in [0.1, 0.15) is 5.56 Å². The number of hydrogen-bond donors (Lipinski definition) is 0. The number of azo groups is 1. The Balaban J connectivity index is 2.02. The Labute approximate surface area is 87.1 Å². The van der Waals surface area contributed by atoms with Crippen LogP contribution in [0.5, 0.6) is 0 Å². The molecule has 0 spiro atoms. The molecule has 1 atom stereocenters. The van der Waals surface area contributed by atoms with E-state index in [4.69, 9.17) is 17.0 Å². The van der Waals surface area contributed by atoms with E-state index in [1.54, 1.807) is 0 Å². The fourth-order valence-electron chi connectivity index (χ4n) is 1.09. The average molecular weight is 204 g/mol. The van der Waals surface area contributed by atoms with E-state index >= 15 is 0 Å². The van der Waals surface area contributed by atoms with E-state index in [1.807, 2.05) is 42.5 Å². The highest BCUT2D eigenvalue weighted by atomic mass is 32.1. The summed E-state index contributed by atoms with van der Waals surface area (Å²) in [5, 5.41) is 7.62. The molecule has 0 saturated heterocycles. The minimum atomic E-state index is -0.359. The second kappa shape index (κ2) is 4.11. The van der Waals surface area contributed by atoms with Gasteiger partial charge in [-0.2, -0.15) is 0 Å². The lowest BCUT2D eigenvalue weighted by Gasteiger charge is -1.98. The van der Waals surface area contributed by atoms with Crippen LogP contribution in [-0.4, -0.2) is 11.4 Å². The van der Waals surface area contributed by atoms with Gasteiger partial charge in [-0.05, 0) is 23.9 Å². The Morgan fingerprint density at radius 3 is 2.71 bits per heavy atom. The summed E-state index contributed by atoms with van der Waals surface area (Å²) in [5.41, 5.74) is 1.10. The van der Waals surface area contributed by atoms with Crippen LogP contribution in [0.2, 0.25) is 0 Å². The van der Waals surface area contributed by atoms with Crippen LogP contribution in [0, 0.1) is 0 Å². The van der Waals surface area contributed by atoms with Crippen molar-refractivity contribution in [1.29, 1.82) is 0 Å².